The zero-order chi connectivity index (χ0) is 13.2. The summed E-state index contributed by atoms with van der Waals surface area (Å²) in [6, 6.07) is 0.444. The Hall–Kier alpha value is -2.32. The topological polar surface area (TPSA) is 103 Å². The van der Waals surface area contributed by atoms with Gasteiger partial charge in [-0.3, -0.25) is 10.1 Å². The van der Waals surface area contributed by atoms with Crippen molar-refractivity contribution >= 4 is 11.7 Å². The first-order valence-corrected chi connectivity index (χ1v) is 4.13. The van der Waals surface area contributed by atoms with E-state index in [2.05, 4.69) is 9.72 Å². The summed E-state index contributed by atoms with van der Waals surface area (Å²) in [5.41, 5.74) is -2.81. The van der Waals surface area contributed by atoms with Crippen molar-refractivity contribution in [3.05, 3.63) is 27.4 Å². The fourth-order valence-electron chi connectivity index (χ4n) is 1.12. The third-order valence-electron chi connectivity index (χ3n) is 1.83. The molecule has 1 heterocycles. The van der Waals surface area contributed by atoms with Crippen LogP contribution in [0.25, 0.3) is 0 Å². The Bertz CT molecular complexity index is 477. The van der Waals surface area contributed by atoms with E-state index in [4.69, 9.17) is 5.11 Å². The van der Waals surface area contributed by atoms with Gasteiger partial charge in [0.25, 0.3) is 12.3 Å². The number of hydrogen-bond acceptors (Lipinski definition) is 5. The van der Waals surface area contributed by atoms with Crippen LogP contribution in [0.3, 0.4) is 0 Å². The Morgan fingerprint density at radius 1 is 1.65 bits per heavy atom. The van der Waals surface area contributed by atoms with Gasteiger partial charge in [0, 0.05) is 6.07 Å². The molecule has 0 saturated heterocycles. The maximum absolute atomic E-state index is 12.5. The van der Waals surface area contributed by atoms with Gasteiger partial charge in [-0.1, -0.05) is 0 Å². The van der Waals surface area contributed by atoms with Crippen molar-refractivity contribution < 1.29 is 28.3 Å². The van der Waals surface area contributed by atoms with Gasteiger partial charge in [-0.2, -0.15) is 4.98 Å². The molecule has 0 atom stereocenters. The average molecular weight is 248 g/mol. The minimum absolute atomic E-state index is 0.444. The molecule has 0 aliphatic heterocycles. The van der Waals surface area contributed by atoms with Crippen LogP contribution in [0.5, 0.6) is 5.88 Å². The average Bonchev–Trinajstić information content (AvgIpc) is 2.26. The van der Waals surface area contributed by atoms with Gasteiger partial charge in [-0.05, 0) is 0 Å². The maximum Gasteiger partial charge on any atom is 0.355 e. The van der Waals surface area contributed by atoms with Crippen molar-refractivity contribution in [1.82, 2.24) is 4.98 Å². The molecule has 1 N–H and O–H groups in total. The Balaban J connectivity index is 3.53. The molecule has 0 fully saturated rings. The summed E-state index contributed by atoms with van der Waals surface area (Å²) in [6.45, 7) is 0. The monoisotopic (exact) mass is 248 g/mol. The van der Waals surface area contributed by atoms with Crippen LogP contribution in [0.1, 0.15) is 22.5 Å². The summed E-state index contributed by atoms with van der Waals surface area (Å²) < 4.78 is 29.5. The normalized spacial score (nSPS) is 10.4. The Morgan fingerprint density at radius 2 is 2.24 bits per heavy atom. The molecule has 0 bridgehead atoms. The van der Waals surface area contributed by atoms with E-state index in [-0.39, 0.29) is 0 Å². The van der Waals surface area contributed by atoms with E-state index in [9.17, 15) is 23.7 Å². The van der Waals surface area contributed by atoms with Gasteiger partial charge < -0.3 is 9.84 Å². The van der Waals surface area contributed by atoms with E-state index in [0.29, 0.717) is 6.07 Å². The third-order valence-corrected chi connectivity index (χ3v) is 1.83. The first-order chi connectivity index (χ1) is 7.88. The first kappa shape index (κ1) is 12.7. The summed E-state index contributed by atoms with van der Waals surface area (Å²) >= 11 is 0. The van der Waals surface area contributed by atoms with Gasteiger partial charge in [-0.15, -0.1) is 0 Å². The minimum Gasteiger partial charge on any atom is -0.476 e. The Morgan fingerprint density at radius 3 is 2.59 bits per heavy atom. The Kier molecular flexibility index (Phi) is 3.51. The standard InChI is InChI=1S/C8H6F2N2O5/c1-17-7-4(12(15)16)2-3(6(9)10)5(11-7)8(13)14/h2,6H,1H3,(H,13,14). The molecule has 0 aliphatic carbocycles. The van der Waals surface area contributed by atoms with E-state index in [0.717, 1.165) is 7.11 Å². The predicted molar refractivity (Wildman–Crippen MR) is 49.4 cm³/mol. The van der Waals surface area contributed by atoms with Crippen LogP contribution < -0.4 is 4.74 Å². The SMILES string of the molecule is COc1nc(C(=O)O)c(C(F)F)cc1[N+](=O)[O-]. The van der Waals surface area contributed by atoms with Crippen LogP contribution in [-0.4, -0.2) is 28.1 Å². The molecule has 0 unspecified atom stereocenters. The largest absolute Gasteiger partial charge is 0.476 e. The van der Waals surface area contributed by atoms with Crippen LogP contribution in [0.15, 0.2) is 6.07 Å². The second-order valence-electron chi connectivity index (χ2n) is 2.82. The summed E-state index contributed by atoms with van der Waals surface area (Å²) in [5, 5.41) is 19.2. The smallest absolute Gasteiger partial charge is 0.355 e. The molecule has 0 radical (unpaired) electrons. The van der Waals surface area contributed by atoms with Gasteiger partial charge in [0.1, 0.15) is 0 Å². The number of carboxylic acids is 1. The van der Waals surface area contributed by atoms with E-state index in [1.807, 2.05) is 0 Å². The lowest BCUT2D eigenvalue weighted by Crippen LogP contribution is -2.09. The number of hydrogen-bond donors (Lipinski definition) is 1. The summed E-state index contributed by atoms with van der Waals surface area (Å²) in [5.74, 6) is -2.34. The number of halogens is 2. The number of nitrogens with zero attached hydrogens (tertiary/aromatic N) is 2. The molecule has 0 amide bonds. The number of aromatic nitrogens is 1. The van der Waals surface area contributed by atoms with Crippen LogP contribution in [0.2, 0.25) is 0 Å². The van der Waals surface area contributed by atoms with Crippen molar-refractivity contribution in [3.8, 4) is 5.88 Å². The van der Waals surface area contributed by atoms with Crippen molar-refractivity contribution in [2.24, 2.45) is 0 Å². The van der Waals surface area contributed by atoms with Crippen LogP contribution in [-0.2, 0) is 0 Å². The predicted octanol–water partition coefficient (Wildman–Crippen LogP) is 1.63. The van der Waals surface area contributed by atoms with Crippen LogP contribution >= 0.6 is 0 Å². The third kappa shape index (κ3) is 2.44. The van der Waals surface area contributed by atoms with Crippen molar-refractivity contribution in [1.29, 1.82) is 0 Å². The molecule has 0 aromatic carbocycles. The Labute approximate surface area is 92.8 Å². The van der Waals surface area contributed by atoms with Gasteiger partial charge >= 0.3 is 11.7 Å². The lowest BCUT2D eigenvalue weighted by Gasteiger charge is -2.06. The summed E-state index contributed by atoms with van der Waals surface area (Å²) in [4.78, 5) is 23.4. The highest BCUT2D eigenvalue weighted by Gasteiger charge is 2.27. The molecule has 92 valence electrons. The molecule has 1 aromatic rings. The first-order valence-electron chi connectivity index (χ1n) is 4.13. The number of methoxy groups -OCH3 is 1. The van der Waals surface area contributed by atoms with Gasteiger partial charge in [0.15, 0.2) is 5.69 Å². The molecular formula is C8H6F2N2O5. The lowest BCUT2D eigenvalue weighted by atomic mass is 10.2. The second kappa shape index (κ2) is 4.68. The van der Waals surface area contributed by atoms with Crippen molar-refractivity contribution in [2.45, 2.75) is 6.43 Å². The number of nitro groups is 1. The molecule has 7 nitrogen and oxygen atoms in total. The lowest BCUT2D eigenvalue weighted by molar-refractivity contribution is -0.386. The van der Waals surface area contributed by atoms with Crippen molar-refractivity contribution in [3.63, 3.8) is 0 Å². The van der Waals surface area contributed by atoms with Gasteiger partial charge in [0.05, 0.1) is 17.6 Å². The number of rotatable bonds is 4. The molecule has 0 aliphatic rings. The highest BCUT2D eigenvalue weighted by atomic mass is 19.3. The number of ether oxygens (including phenoxy) is 1. The maximum atomic E-state index is 12.5. The highest BCUT2D eigenvalue weighted by molar-refractivity contribution is 5.88. The van der Waals surface area contributed by atoms with Crippen LogP contribution in [0, 0.1) is 10.1 Å². The summed E-state index contributed by atoms with van der Waals surface area (Å²) in [7, 11) is 1.02. The molecule has 9 heteroatoms. The molecule has 1 aromatic heterocycles. The number of pyridine rings is 1. The summed E-state index contributed by atoms with van der Waals surface area (Å²) in [6.07, 6.45) is -3.18. The fourth-order valence-corrected chi connectivity index (χ4v) is 1.12. The molecule has 0 spiro atoms. The molecule has 1 rings (SSSR count). The number of alkyl halides is 2. The van der Waals surface area contributed by atoms with Gasteiger partial charge in [0.2, 0.25) is 0 Å². The quantitative estimate of drug-likeness (QED) is 0.641. The molecule has 17 heavy (non-hydrogen) atoms. The van der Waals surface area contributed by atoms with Gasteiger partial charge in [-0.25, -0.2) is 13.6 Å². The van der Waals surface area contributed by atoms with E-state index < -0.39 is 40.1 Å². The zero-order valence-electron chi connectivity index (χ0n) is 8.39. The number of carboxylic acid groups (broad SMARTS) is 1. The molecular weight excluding hydrogens is 242 g/mol. The van der Waals surface area contributed by atoms with E-state index >= 15 is 0 Å². The minimum atomic E-state index is -3.18. The zero-order valence-corrected chi connectivity index (χ0v) is 8.39. The van der Waals surface area contributed by atoms with E-state index in [1.54, 1.807) is 0 Å². The van der Waals surface area contributed by atoms with E-state index in [1.165, 1.54) is 0 Å². The number of carbonyl (C=O) groups is 1. The molecule has 0 saturated carbocycles. The van der Waals surface area contributed by atoms with Crippen molar-refractivity contribution in [2.75, 3.05) is 7.11 Å². The number of aromatic carboxylic acids is 1. The van der Waals surface area contributed by atoms with Crippen LogP contribution in [0.4, 0.5) is 14.5 Å². The highest BCUT2D eigenvalue weighted by Crippen LogP contribution is 2.31. The fraction of sp³-hybridized carbons (Fsp3) is 0.250. The second-order valence-corrected chi connectivity index (χ2v) is 2.82.